The molecule has 3 aromatic rings. The molecule has 0 aliphatic carbocycles. The second-order valence-corrected chi connectivity index (χ2v) is 5.45. The van der Waals surface area contributed by atoms with Crippen LogP contribution in [0.3, 0.4) is 0 Å². The van der Waals surface area contributed by atoms with Crippen molar-refractivity contribution in [1.82, 2.24) is 9.78 Å². The van der Waals surface area contributed by atoms with Crippen LogP contribution in [-0.2, 0) is 0 Å². The van der Waals surface area contributed by atoms with Gasteiger partial charge in [0, 0.05) is 0 Å². The fourth-order valence-corrected chi connectivity index (χ4v) is 2.70. The van der Waals surface area contributed by atoms with Crippen LogP contribution >= 0.6 is 15.9 Å². The molecule has 0 spiro atoms. The predicted molar refractivity (Wildman–Crippen MR) is 88.6 cm³/mol. The molecule has 0 radical (unpaired) electrons. The summed E-state index contributed by atoms with van der Waals surface area (Å²) < 4.78 is 7.58. The highest BCUT2D eigenvalue weighted by Gasteiger charge is 2.09. The summed E-state index contributed by atoms with van der Waals surface area (Å²) in [4.78, 5) is 10.9. The minimum Gasteiger partial charge on any atom is -0.497 e. The molecule has 0 atom stereocenters. The van der Waals surface area contributed by atoms with E-state index >= 15 is 0 Å². The van der Waals surface area contributed by atoms with Crippen LogP contribution < -0.4 is 4.74 Å². The highest BCUT2D eigenvalue weighted by atomic mass is 79.9. The summed E-state index contributed by atoms with van der Waals surface area (Å²) in [7, 11) is 1.65. The molecule has 4 nitrogen and oxygen atoms in total. The Labute approximate surface area is 136 Å². The van der Waals surface area contributed by atoms with Crippen LogP contribution in [0, 0.1) is 0 Å². The Bertz CT molecular complexity index is 810. The molecule has 0 amide bonds. The minimum atomic E-state index is 0.525. The lowest BCUT2D eigenvalue weighted by molar-refractivity contribution is 0.112. The molecule has 0 fully saturated rings. The van der Waals surface area contributed by atoms with Gasteiger partial charge in [-0.1, -0.05) is 24.3 Å². The number of hydrogen-bond donors (Lipinski definition) is 0. The van der Waals surface area contributed by atoms with Crippen LogP contribution in [0.2, 0.25) is 0 Å². The predicted octanol–water partition coefficient (Wildman–Crippen LogP) is 4.12. The average Bonchev–Trinajstić information content (AvgIpc) is 2.96. The van der Waals surface area contributed by atoms with Crippen LogP contribution in [0.5, 0.6) is 5.75 Å². The number of nitrogens with zero attached hydrogens (tertiary/aromatic N) is 2. The third-order valence-electron chi connectivity index (χ3n) is 3.38. The number of benzene rings is 2. The number of aromatic nitrogens is 2. The van der Waals surface area contributed by atoms with Gasteiger partial charge in [-0.15, -0.1) is 0 Å². The van der Waals surface area contributed by atoms with E-state index < -0.39 is 0 Å². The van der Waals surface area contributed by atoms with Gasteiger partial charge >= 0.3 is 0 Å². The van der Waals surface area contributed by atoms with Gasteiger partial charge in [-0.25, -0.2) is 4.68 Å². The Morgan fingerprint density at radius 3 is 2.55 bits per heavy atom. The molecule has 0 aliphatic heterocycles. The first-order valence-electron chi connectivity index (χ1n) is 6.66. The van der Waals surface area contributed by atoms with Crippen LogP contribution in [0.15, 0.2) is 59.3 Å². The number of halogens is 1. The van der Waals surface area contributed by atoms with E-state index in [1.165, 1.54) is 6.20 Å². The van der Waals surface area contributed by atoms with E-state index in [0.29, 0.717) is 10.2 Å². The van der Waals surface area contributed by atoms with Crippen molar-refractivity contribution in [2.75, 3.05) is 7.11 Å². The van der Waals surface area contributed by atoms with E-state index in [0.717, 1.165) is 28.8 Å². The van der Waals surface area contributed by atoms with Crippen LogP contribution in [0.25, 0.3) is 16.8 Å². The van der Waals surface area contributed by atoms with Gasteiger partial charge in [0.2, 0.25) is 0 Å². The fourth-order valence-electron chi connectivity index (χ4n) is 2.20. The maximum atomic E-state index is 10.9. The first-order chi connectivity index (χ1) is 10.7. The zero-order chi connectivity index (χ0) is 15.5. The molecule has 0 N–H and O–H groups in total. The SMILES string of the molecule is COc1cccc(-c2ccc(-n3ncc(C=O)c3Br)cc2)c1. The number of hydrogen-bond acceptors (Lipinski definition) is 3. The van der Waals surface area contributed by atoms with Crippen molar-refractivity contribution in [3.05, 3.63) is 64.9 Å². The van der Waals surface area contributed by atoms with Gasteiger partial charge in [0.1, 0.15) is 10.4 Å². The molecule has 110 valence electrons. The molecule has 1 heterocycles. The summed E-state index contributed by atoms with van der Waals surface area (Å²) in [5, 5.41) is 4.21. The van der Waals surface area contributed by atoms with Crippen LogP contribution in [0.4, 0.5) is 0 Å². The molecule has 0 aliphatic rings. The Balaban J connectivity index is 1.95. The molecule has 2 aromatic carbocycles. The third kappa shape index (κ3) is 2.67. The van der Waals surface area contributed by atoms with E-state index in [2.05, 4.69) is 21.0 Å². The largest absolute Gasteiger partial charge is 0.497 e. The highest BCUT2D eigenvalue weighted by molar-refractivity contribution is 9.10. The number of carbonyl (C=O) groups excluding carboxylic acids is 1. The van der Waals surface area contributed by atoms with E-state index in [1.54, 1.807) is 11.8 Å². The molecule has 3 rings (SSSR count). The summed E-state index contributed by atoms with van der Waals surface area (Å²) >= 11 is 3.38. The fraction of sp³-hybridized carbons (Fsp3) is 0.0588. The van der Waals surface area contributed by atoms with Crippen molar-refractivity contribution in [2.24, 2.45) is 0 Å². The zero-order valence-corrected chi connectivity index (χ0v) is 13.4. The number of rotatable bonds is 4. The van der Waals surface area contributed by atoms with Crippen LogP contribution in [0.1, 0.15) is 10.4 Å². The molecular weight excluding hydrogens is 344 g/mol. The molecular formula is C17H13BrN2O2. The summed E-state index contributed by atoms with van der Waals surface area (Å²) in [6, 6.07) is 15.8. The standard InChI is InChI=1S/C17H13BrN2O2/c1-22-16-4-2-3-13(9-16)12-5-7-15(8-6-12)20-17(18)14(11-21)10-19-20/h2-11H,1H3. The van der Waals surface area contributed by atoms with Crippen molar-refractivity contribution in [2.45, 2.75) is 0 Å². The quantitative estimate of drug-likeness (QED) is 0.660. The summed E-state index contributed by atoms with van der Waals surface area (Å²) in [6.07, 6.45) is 2.31. The molecule has 22 heavy (non-hydrogen) atoms. The number of aldehydes is 1. The lowest BCUT2D eigenvalue weighted by Gasteiger charge is -2.07. The zero-order valence-electron chi connectivity index (χ0n) is 11.9. The van der Waals surface area contributed by atoms with Gasteiger partial charge in [-0.05, 0) is 51.3 Å². The summed E-state index contributed by atoms with van der Waals surface area (Å²) in [5.41, 5.74) is 3.57. The molecule has 0 bridgehead atoms. The van der Waals surface area contributed by atoms with E-state index in [1.807, 2.05) is 48.5 Å². The number of carbonyl (C=O) groups is 1. The molecule has 0 unspecified atom stereocenters. The van der Waals surface area contributed by atoms with Gasteiger partial charge in [-0.3, -0.25) is 4.79 Å². The van der Waals surface area contributed by atoms with E-state index in [9.17, 15) is 4.79 Å². The maximum absolute atomic E-state index is 10.9. The second kappa shape index (κ2) is 6.15. The van der Waals surface area contributed by atoms with E-state index in [4.69, 9.17) is 4.74 Å². The first kappa shape index (κ1) is 14.5. The van der Waals surface area contributed by atoms with Crippen molar-refractivity contribution in [1.29, 1.82) is 0 Å². The number of ether oxygens (including phenoxy) is 1. The molecule has 1 aromatic heterocycles. The lowest BCUT2D eigenvalue weighted by Crippen LogP contribution is -1.96. The van der Waals surface area contributed by atoms with E-state index in [-0.39, 0.29) is 0 Å². The number of methoxy groups -OCH3 is 1. The van der Waals surface area contributed by atoms with Crippen molar-refractivity contribution in [3.63, 3.8) is 0 Å². The Hall–Kier alpha value is -2.40. The topological polar surface area (TPSA) is 44.1 Å². The average molecular weight is 357 g/mol. The van der Waals surface area contributed by atoms with Gasteiger partial charge in [0.15, 0.2) is 6.29 Å². The normalized spacial score (nSPS) is 10.5. The maximum Gasteiger partial charge on any atom is 0.154 e. The summed E-state index contributed by atoms with van der Waals surface area (Å²) in [5.74, 6) is 0.826. The first-order valence-corrected chi connectivity index (χ1v) is 7.46. The lowest BCUT2D eigenvalue weighted by atomic mass is 10.1. The van der Waals surface area contributed by atoms with Gasteiger partial charge in [0.25, 0.3) is 0 Å². The monoisotopic (exact) mass is 356 g/mol. The van der Waals surface area contributed by atoms with Gasteiger partial charge in [0.05, 0.1) is 24.6 Å². The Kier molecular flexibility index (Phi) is 4.06. The van der Waals surface area contributed by atoms with Crippen molar-refractivity contribution < 1.29 is 9.53 Å². The molecule has 0 saturated heterocycles. The Morgan fingerprint density at radius 1 is 1.14 bits per heavy atom. The Morgan fingerprint density at radius 2 is 1.91 bits per heavy atom. The van der Waals surface area contributed by atoms with Gasteiger partial charge in [-0.2, -0.15) is 5.10 Å². The smallest absolute Gasteiger partial charge is 0.154 e. The second-order valence-electron chi connectivity index (χ2n) is 4.70. The highest BCUT2D eigenvalue weighted by Crippen LogP contribution is 2.26. The molecule has 0 saturated carbocycles. The summed E-state index contributed by atoms with van der Waals surface area (Å²) in [6.45, 7) is 0. The van der Waals surface area contributed by atoms with Crippen molar-refractivity contribution in [3.8, 4) is 22.6 Å². The van der Waals surface area contributed by atoms with Crippen LogP contribution in [-0.4, -0.2) is 23.2 Å². The van der Waals surface area contributed by atoms with Crippen molar-refractivity contribution >= 4 is 22.2 Å². The van der Waals surface area contributed by atoms with Gasteiger partial charge < -0.3 is 4.74 Å². The molecule has 5 heteroatoms. The minimum absolute atomic E-state index is 0.525. The third-order valence-corrected chi connectivity index (χ3v) is 4.17.